The van der Waals surface area contributed by atoms with Crippen LogP contribution >= 0.6 is 0 Å². The summed E-state index contributed by atoms with van der Waals surface area (Å²) in [7, 11) is 0. The minimum absolute atomic E-state index is 0.180. The van der Waals surface area contributed by atoms with E-state index in [2.05, 4.69) is 30.0 Å². The Bertz CT molecular complexity index is 498. The van der Waals surface area contributed by atoms with E-state index in [1.807, 2.05) is 6.92 Å². The van der Waals surface area contributed by atoms with E-state index in [0.29, 0.717) is 12.2 Å². The monoisotopic (exact) mass is 259 g/mol. The van der Waals surface area contributed by atoms with Crippen LogP contribution < -0.4 is 4.74 Å². The van der Waals surface area contributed by atoms with Crippen LogP contribution in [0.5, 0.6) is 5.75 Å². The molecule has 0 aromatic heterocycles. The molecule has 0 N–H and O–H groups in total. The maximum atomic E-state index is 11.5. The van der Waals surface area contributed by atoms with Crippen molar-refractivity contribution in [3.8, 4) is 5.75 Å². The third kappa shape index (κ3) is 2.66. The fraction of sp³-hybridized carbons (Fsp3) is 0.562. The van der Waals surface area contributed by atoms with E-state index >= 15 is 0 Å². The second kappa shape index (κ2) is 4.97. The van der Waals surface area contributed by atoms with Gasteiger partial charge in [0.2, 0.25) is 0 Å². The number of carbonyl (C=O) groups is 1. The van der Waals surface area contributed by atoms with Crippen LogP contribution in [-0.2, 0) is 11.2 Å². The molecule has 1 saturated heterocycles. The van der Waals surface area contributed by atoms with Gasteiger partial charge in [0, 0.05) is 38.4 Å². The predicted molar refractivity (Wildman–Crippen MR) is 74.5 cm³/mol. The van der Waals surface area contributed by atoms with E-state index in [1.54, 1.807) is 0 Å². The van der Waals surface area contributed by atoms with Gasteiger partial charge in [-0.05, 0) is 18.6 Å². The summed E-state index contributed by atoms with van der Waals surface area (Å²) in [6.07, 6.45) is 1.94. The number of benzene rings is 1. The predicted octanol–water partition coefficient (Wildman–Crippen LogP) is 2.21. The topological polar surface area (TPSA) is 29.5 Å². The fourth-order valence-corrected chi connectivity index (χ4v) is 3.10. The molecule has 1 aromatic carbocycles. The Morgan fingerprint density at radius 1 is 1.42 bits per heavy atom. The molecule has 3 nitrogen and oxygen atoms in total. The van der Waals surface area contributed by atoms with Gasteiger partial charge >= 0.3 is 0 Å². The van der Waals surface area contributed by atoms with Crippen LogP contribution in [0.2, 0.25) is 0 Å². The summed E-state index contributed by atoms with van der Waals surface area (Å²) in [5, 5.41) is 0. The van der Waals surface area contributed by atoms with Crippen LogP contribution in [0, 0.1) is 12.8 Å². The van der Waals surface area contributed by atoms with E-state index in [-0.39, 0.29) is 12.0 Å². The Hall–Kier alpha value is -1.35. The number of rotatable bonds is 2. The largest absolute Gasteiger partial charge is 0.488 e. The van der Waals surface area contributed by atoms with Crippen molar-refractivity contribution in [3.05, 3.63) is 29.3 Å². The van der Waals surface area contributed by atoms with Crippen LogP contribution in [-0.4, -0.2) is 36.4 Å². The van der Waals surface area contributed by atoms with Crippen LogP contribution in [0.15, 0.2) is 18.2 Å². The first kappa shape index (κ1) is 12.7. The van der Waals surface area contributed by atoms with Gasteiger partial charge in [-0.1, -0.05) is 24.6 Å². The van der Waals surface area contributed by atoms with Crippen LogP contribution in [0.1, 0.15) is 24.5 Å². The lowest BCUT2D eigenvalue weighted by atomic mass is 9.98. The summed E-state index contributed by atoms with van der Waals surface area (Å²) >= 11 is 0. The molecular formula is C16H21NO2. The Labute approximate surface area is 114 Å². The highest BCUT2D eigenvalue weighted by molar-refractivity contribution is 5.81. The molecule has 0 radical (unpaired) electrons. The second-order valence-electron chi connectivity index (χ2n) is 5.93. The molecule has 0 aliphatic carbocycles. The number of Topliss-reactive ketones (excluding diaryl/α,β-unsaturated/α-hetero) is 1. The first-order valence-electron chi connectivity index (χ1n) is 7.13. The van der Waals surface area contributed by atoms with Crippen molar-refractivity contribution in [1.29, 1.82) is 0 Å². The number of hydrogen-bond acceptors (Lipinski definition) is 3. The van der Waals surface area contributed by atoms with E-state index in [1.165, 1.54) is 11.1 Å². The van der Waals surface area contributed by atoms with Crippen molar-refractivity contribution >= 4 is 5.78 Å². The number of ether oxygens (including phenoxy) is 1. The molecule has 1 fully saturated rings. The Morgan fingerprint density at radius 3 is 3.05 bits per heavy atom. The van der Waals surface area contributed by atoms with Crippen molar-refractivity contribution in [2.24, 2.45) is 5.92 Å². The number of carbonyl (C=O) groups excluding carboxylic acids is 1. The SMILES string of the molecule is Cc1ccc2c(c1)CC(CN1CCC(=O)C(C)C1)O2. The molecule has 0 bridgehead atoms. The molecule has 2 atom stereocenters. The molecule has 2 unspecified atom stereocenters. The smallest absolute Gasteiger partial charge is 0.138 e. The van der Waals surface area contributed by atoms with Gasteiger partial charge in [0.25, 0.3) is 0 Å². The van der Waals surface area contributed by atoms with Gasteiger partial charge in [-0.2, -0.15) is 0 Å². The summed E-state index contributed by atoms with van der Waals surface area (Å²) in [6.45, 7) is 6.85. The number of ketones is 1. The molecule has 0 spiro atoms. The molecule has 2 heterocycles. The second-order valence-corrected chi connectivity index (χ2v) is 5.93. The Morgan fingerprint density at radius 2 is 2.26 bits per heavy atom. The highest BCUT2D eigenvalue weighted by atomic mass is 16.5. The van der Waals surface area contributed by atoms with Crippen molar-refractivity contribution in [2.75, 3.05) is 19.6 Å². The highest BCUT2D eigenvalue weighted by Gasteiger charge is 2.29. The number of fused-ring (bicyclic) bond motifs is 1. The van der Waals surface area contributed by atoms with Crippen LogP contribution in [0.4, 0.5) is 0 Å². The minimum atomic E-state index is 0.180. The first-order chi connectivity index (χ1) is 9.11. The van der Waals surface area contributed by atoms with Crippen LogP contribution in [0.3, 0.4) is 0 Å². The fourth-order valence-electron chi connectivity index (χ4n) is 3.10. The Balaban J connectivity index is 1.60. The molecule has 0 saturated carbocycles. The third-order valence-electron chi connectivity index (χ3n) is 4.18. The third-order valence-corrected chi connectivity index (χ3v) is 4.18. The maximum Gasteiger partial charge on any atom is 0.138 e. The van der Waals surface area contributed by atoms with Gasteiger partial charge in [0.15, 0.2) is 0 Å². The molecule has 19 heavy (non-hydrogen) atoms. The van der Waals surface area contributed by atoms with Gasteiger partial charge in [-0.25, -0.2) is 0 Å². The minimum Gasteiger partial charge on any atom is -0.488 e. The zero-order valence-corrected chi connectivity index (χ0v) is 11.7. The normalized spacial score (nSPS) is 27.2. The number of piperidine rings is 1. The van der Waals surface area contributed by atoms with Crippen molar-refractivity contribution in [1.82, 2.24) is 4.90 Å². The molecular weight excluding hydrogens is 238 g/mol. The zero-order valence-electron chi connectivity index (χ0n) is 11.7. The average Bonchev–Trinajstić information content (AvgIpc) is 2.75. The van der Waals surface area contributed by atoms with E-state index in [0.717, 1.165) is 31.8 Å². The molecule has 3 rings (SSSR count). The summed E-state index contributed by atoms with van der Waals surface area (Å²) < 4.78 is 6.00. The lowest BCUT2D eigenvalue weighted by Crippen LogP contribution is -2.44. The Kier molecular flexibility index (Phi) is 3.31. The maximum absolute atomic E-state index is 11.5. The van der Waals surface area contributed by atoms with Crippen LogP contribution in [0.25, 0.3) is 0 Å². The summed E-state index contributed by atoms with van der Waals surface area (Å²) in [4.78, 5) is 13.9. The zero-order chi connectivity index (χ0) is 13.4. The number of likely N-dealkylation sites (tertiary alicyclic amines) is 1. The van der Waals surface area contributed by atoms with Gasteiger partial charge in [-0.15, -0.1) is 0 Å². The molecule has 1 aromatic rings. The van der Waals surface area contributed by atoms with E-state index in [9.17, 15) is 4.79 Å². The number of nitrogens with zero attached hydrogens (tertiary/aromatic N) is 1. The van der Waals surface area contributed by atoms with Gasteiger partial charge in [0.1, 0.15) is 17.6 Å². The molecule has 2 aliphatic rings. The van der Waals surface area contributed by atoms with Gasteiger partial charge < -0.3 is 4.74 Å². The van der Waals surface area contributed by atoms with E-state index < -0.39 is 0 Å². The summed E-state index contributed by atoms with van der Waals surface area (Å²) in [5.74, 6) is 1.62. The number of aryl methyl sites for hydroxylation is 1. The first-order valence-corrected chi connectivity index (χ1v) is 7.13. The van der Waals surface area contributed by atoms with Crippen molar-refractivity contribution in [3.63, 3.8) is 0 Å². The summed E-state index contributed by atoms with van der Waals surface area (Å²) in [5.41, 5.74) is 2.62. The quantitative estimate of drug-likeness (QED) is 0.815. The highest BCUT2D eigenvalue weighted by Crippen LogP contribution is 2.30. The standard InChI is InChI=1S/C16H21NO2/c1-11-3-4-16-13(7-11)8-14(19-16)10-17-6-5-15(18)12(2)9-17/h3-4,7,12,14H,5-6,8-10H2,1-2H3. The molecule has 102 valence electrons. The van der Waals surface area contributed by atoms with Gasteiger partial charge in [0.05, 0.1) is 0 Å². The molecule has 3 heteroatoms. The van der Waals surface area contributed by atoms with E-state index in [4.69, 9.17) is 4.74 Å². The lowest BCUT2D eigenvalue weighted by molar-refractivity contribution is -0.125. The van der Waals surface area contributed by atoms with Crippen molar-refractivity contribution in [2.45, 2.75) is 32.8 Å². The average molecular weight is 259 g/mol. The number of hydrogen-bond donors (Lipinski definition) is 0. The lowest BCUT2D eigenvalue weighted by Gasteiger charge is -2.31. The summed E-state index contributed by atoms with van der Waals surface area (Å²) in [6, 6.07) is 6.40. The molecule has 0 amide bonds. The van der Waals surface area contributed by atoms with Crippen molar-refractivity contribution < 1.29 is 9.53 Å². The van der Waals surface area contributed by atoms with Gasteiger partial charge in [-0.3, -0.25) is 9.69 Å². The molecule has 2 aliphatic heterocycles.